The molecule has 4 nitrogen and oxygen atoms in total. The maximum atomic E-state index is 12.5. The van der Waals surface area contributed by atoms with E-state index < -0.39 is 0 Å². The SMILES string of the molecule is CC[C@H]1CN2[C@H](CN1)CN(C)C(=O)[C@@H]2CCC(C)C. The topological polar surface area (TPSA) is 35.6 Å². The number of piperazine rings is 2. The molecule has 0 saturated carbocycles. The highest BCUT2D eigenvalue weighted by atomic mass is 16.2. The summed E-state index contributed by atoms with van der Waals surface area (Å²) in [6.07, 6.45) is 3.29. The number of nitrogens with one attached hydrogen (secondary N) is 1. The molecule has 2 rings (SSSR count). The maximum absolute atomic E-state index is 12.5. The second-order valence-electron chi connectivity index (χ2n) is 6.57. The van der Waals surface area contributed by atoms with Crippen LogP contribution < -0.4 is 5.32 Å². The largest absolute Gasteiger partial charge is 0.343 e. The minimum Gasteiger partial charge on any atom is -0.343 e. The van der Waals surface area contributed by atoms with Gasteiger partial charge < -0.3 is 10.2 Å². The standard InChI is InChI=1S/C15H29N3O/c1-5-12-9-18-13(8-16-12)10-17(4)15(19)14(18)7-6-11(2)3/h11-14,16H,5-10H2,1-4H3/t12-,13+,14-/m0/s1. The van der Waals surface area contributed by atoms with E-state index in [0.717, 1.165) is 38.9 Å². The lowest BCUT2D eigenvalue weighted by atomic mass is 9.94. The van der Waals surface area contributed by atoms with Crippen molar-refractivity contribution in [3.05, 3.63) is 0 Å². The van der Waals surface area contributed by atoms with E-state index in [-0.39, 0.29) is 6.04 Å². The quantitative estimate of drug-likeness (QED) is 0.834. The zero-order chi connectivity index (χ0) is 14.0. The third-order valence-corrected chi connectivity index (χ3v) is 4.60. The molecule has 0 aliphatic carbocycles. The lowest BCUT2D eigenvalue weighted by Gasteiger charge is -2.49. The number of hydrogen-bond acceptors (Lipinski definition) is 3. The summed E-state index contributed by atoms with van der Waals surface area (Å²) in [6, 6.07) is 1.17. The highest BCUT2D eigenvalue weighted by Crippen LogP contribution is 2.24. The van der Waals surface area contributed by atoms with Crippen LogP contribution in [0.2, 0.25) is 0 Å². The average Bonchev–Trinajstić information content (AvgIpc) is 2.38. The lowest BCUT2D eigenvalue weighted by Crippen LogP contribution is -2.68. The first-order chi connectivity index (χ1) is 9.02. The highest BCUT2D eigenvalue weighted by molar-refractivity contribution is 5.82. The van der Waals surface area contributed by atoms with Crippen LogP contribution in [0.3, 0.4) is 0 Å². The van der Waals surface area contributed by atoms with E-state index in [1.54, 1.807) is 0 Å². The van der Waals surface area contributed by atoms with Crippen LogP contribution >= 0.6 is 0 Å². The summed E-state index contributed by atoms with van der Waals surface area (Å²) in [4.78, 5) is 16.9. The van der Waals surface area contributed by atoms with Crippen LogP contribution in [-0.2, 0) is 4.79 Å². The smallest absolute Gasteiger partial charge is 0.239 e. The third-order valence-electron chi connectivity index (χ3n) is 4.60. The van der Waals surface area contributed by atoms with Crippen molar-refractivity contribution in [3.63, 3.8) is 0 Å². The molecule has 0 spiro atoms. The van der Waals surface area contributed by atoms with Crippen LogP contribution in [0.1, 0.15) is 40.0 Å². The lowest BCUT2D eigenvalue weighted by molar-refractivity contribution is -0.145. The van der Waals surface area contributed by atoms with Crippen molar-refractivity contribution in [1.82, 2.24) is 15.1 Å². The molecule has 2 fully saturated rings. The molecule has 1 N–H and O–H groups in total. The minimum absolute atomic E-state index is 0.113. The first-order valence-electron chi connectivity index (χ1n) is 7.77. The summed E-state index contributed by atoms with van der Waals surface area (Å²) < 4.78 is 0. The molecule has 3 atom stereocenters. The van der Waals surface area contributed by atoms with Crippen molar-refractivity contribution in [3.8, 4) is 0 Å². The fourth-order valence-electron chi connectivity index (χ4n) is 3.30. The zero-order valence-electron chi connectivity index (χ0n) is 12.9. The molecule has 2 heterocycles. The van der Waals surface area contributed by atoms with Gasteiger partial charge in [-0.05, 0) is 25.2 Å². The average molecular weight is 267 g/mol. The Balaban J connectivity index is 2.07. The first kappa shape index (κ1) is 14.8. The van der Waals surface area contributed by atoms with Crippen molar-refractivity contribution in [2.75, 3.05) is 26.7 Å². The molecule has 0 bridgehead atoms. The number of carbonyl (C=O) groups excluding carboxylic acids is 1. The first-order valence-corrected chi connectivity index (χ1v) is 7.77. The van der Waals surface area contributed by atoms with Gasteiger partial charge in [-0.2, -0.15) is 0 Å². The van der Waals surface area contributed by atoms with E-state index >= 15 is 0 Å². The molecule has 0 aromatic carbocycles. The van der Waals surface area contributed by atoms with Gasteiger partial charge in [0.25, 0.3) is 0 Å². The predicted octanol–water partition coefficient (Wildman–Crippen LogP) is 1.32. The number of fused-ring (bicyclic) bond motifs is 1. The van der Waals surface area contributed by atoms with Gasteiger partial charge in [0, 0.05) is 38.8 Å². The monoisotopic (exact) mass is 267 g/mol. The number of likely N-dealkylation sites (N-methyl/N-ethyl adjacent to an activating group) is 1. The molecule has 19 heavy (non-hydrogen) atoms. The molecule has 110 valence electrons. The van der Waals surface area contributed by atoms with Crippen LogP contribution in [0.25, 0.3) is 0 Å². The van der Waals surface area contributed by atoms with Gasteiger partial charge in [-0.25, -0.2) is 0 Å². The van der Waals surface area contributed by atoms with Gasteiger partial charge in [0.2, 0.25) is 5.91 Å². The highest BCUT2D eigenvalue weighted by Gasteiger charge is 2.41. The minimum atomic E-state index is 0.113. The fraction of sp³-hybridized carbons (Fsp3) is 0.933. The van der Waals surface area contributed by atoms with E-state index in [0.29, 0.717) is 23.9 Å². The second-order valence-corrected chi connectivity index (χ2v) is 6.57. The zero-order valence-corrected chi connectivity index (χ0v) is 12.9. The van der Waals surface area contributed by atoms with Gasteiger partial charge in [0.1, 0.15) is 0 Å². The van der Waals surface area contributed by atoms with E-state index in [4.69, 9.17) is 0 Å². The summed E-state index contributed by atoms with van der Waals surface area (Å²) in [6.45, 7) is 9.62. The van der Waals surface area contributed by atoms with Gasteiger partial charge in [-0.15, -0.1) is 0 Å². The molecular weight excluding hydrogens is 238 g/mol. The normalized spacial score (nSPS) is 32.8. The van der Waals surface area contributed by atoms with E-state index in [1.807, 2.05) is 11.9 Å². The number of carbonyl (C=O) groups is 1. The Hall–Kier alpha value is -0.610. The Morgan fingerprint density at radius 1 is 1.37 bits per heavy atom. The molecular formula is C15H29N3O. The van der Waals surface area contributed by atoms with Gasteiger partial charge in [-0.3, -0.25) is 9.69 Å². The van der Waals surface area contributed by atoms with E-state index in [1.165, 1.54) is 0 Å². The van der Waals surface area contributed by atoms with E-state index in [2.05, 4.69) is 31.0 Å². The number of rotatable bonds is 4. The molecule has 0 unspecified atom stereocenters. The fourth-order valence-corrected chi connectivity index (χ4v) is 3.30. The summed E-state index contributed by atoms with van der Waals surface area (Å²) in [5.74, 6) is 0.997. The maximum Gasteiger partial charge on any atom is 0.239 e. The van der Waals surface area contributed by atoms with Crippen LogP contribution in [0.15, 0.2) is 0 Å². The second kappa shape index (κ2) is 6.23. The number of hydrogen-bond donors (Lipinski definition) is 1. The summed E-state index contributed by atoms with van der Waals surface area (Å²) in [5.41, 5.74) is 0. The Morgan fingerprint density at radius 2 is 2.11 bits per heavy atom. The molecule has 1 amide bonds. The molecule has 0 aromatic heterocycles. The molecule has 0 aromatic rings. The van der Waals surface area contributed by atoms with Crippen molar-refractivity contribution in [1.29, 1.82) is 0 Å². The van der Waals surface area contributed by atoms with Crippen molar-refractivity contribution < 1.29 is 4.79 Å². The Kier molecular flexibility index (Phi) is 4.85. The van der Waals surface area contributed by atoms with Crippen molar-refractivity contribution in [2.45, 2.75) is 58.2 Å². The van der Waals surface area contributed by atoms with Crippen LogP contribution in [0.5, 0.6) is 0 Å². The van der Waals surface area contributed by atoms with Gasteiger partial charge in [-0.1, -0.05) is 20.8 Å². The summed E-state index contributed by atoms with van der Waals surface area (Å²) >= 11 is 0. The number of amides is 1. The molecule has 0 radical (unpaired) electrons. The van der Waals surface area contributed by atoms with Crippen LogP contribution in [-0.4, -0.2) is 60.5 Å². The third kappa shape index (κ3) is 3.29. The molecule has 2 aliphatic rings. The Labute approximate surface area is 117 Å². The molecule has 4 heteroatoms. The Bertz CT molecular complexity index is 319. The van der Waals surface area contributed by atoms with Gasteiger partial charge in [0.05, 0.1) is 6.04 Å². The molecule has 2 saturated heterocycles. The summed E-state index contributed by atoms with van der Waals surface area (Å²) in [5, 5.41) is 3.61. The molecule has 2 aliphatic heterocycles. The van der Waals surface area contributed by atoms with Gasteiger partial charge >= 0.3 is 0 Å². The van der Waals surface area contributed by atoms with Crippen molar-refractivity contribution in [2.24, 2.45) is 5.92 Å². The van der Waals surface area contributed by atoms with Gasteiger partial charge in [0.15, 0.2) is 0 Å². The number of nitrogens with zero attached hydrogens (tertiary/aromatic N) is 2. The van der Waals surface area contributed by atoms with Crippen molar-refractivity contribution >= 4 is 5.91 Å². The Morgan fingerprint density at radius 3 is 2.74 bits per heavy atom. The van der Waals surface area contributed by atoms with Crippen LogP contribution in [0, 0.1) is 5.92 Å². The van der Waals surface area contributed by atoms with E-state index in [9.17, 15) is 4.79 Å². The summed E-state index contributed by atoms with van der Waals surface area (Å²) in [7, 11) is 1.95. The predicted molar refractivity (Wildman–Crippen MR) is 78.1 cm³/mol. The van der Waals surface area contributed by atoms with Crippen LogP contribution in [0.4, 0.5) is 0 Å².